The van der Waals surface area contributed by atoms with Crippen LogP contribution in [0.15, 0.2) is 106 Å². The number of hydrogen-bond donors (Lipinski definition) is 3. The molecule has 36 heavy (non-hydrogen) atoms. The number of carboxylic acids is 1. The summed E-state index contributed by atoms with van der Waals surface area (Å²) in [6, 6.07) is 26.6. The van der Waals surface area contributed by atoms with Crippen LogP contribution in [0.3, 0.4) is 0 Å². The minimum absolute atomic E-state index is 0.0679. The molecule has 0 fully saturated rings. The van der Waals surface area contributed by atoms with Gasteiger partial charge < -0.3 is 15.3 Å². The number of para-hydroxylation sites is 2. The monoisotopic (exact) mass is 495 g/mol. The molecule has 8 heteroatoms. The molecular formula is C28H21N3O4S. The van der Waals surface area contributed by atoms with Gasteiger partial charge in [-0.1, -0.05) is 42.5 Å². The lowest BCUT2D eigenvalue weighted by molar-refractivity contribution is 0.0697. The summed E-state index contributed by atoms with van der Waals surface area (Å²) < 4.78 is 1.71. The Morgan fingerprint density at radius 1 is 0.861 bits per heavy atom. The molecule has 0 saturated heterocycles. The fourth-order valence-corrected chi connectivity index (χ4v) is 4.48. The third-order valence-electron chi connectivity index (χ3n) is 5.85. The molecule has 7 nitrogen and oxygen atoms in total. The van der Waals surface area contributed by atoms with Crippen molar-refractivity contribution >= 4 is 40.0 Å². The molecule has 0 atom stereocenters. The molecule has 0 unspecified atom stereocenters. The van der Waals surface area contributed by atoms with Gasteiger partial charge in [0.25, 0.3) is 0 Å². The van der Waals surface area contributed by atoms with Crippen molar-refractivity contribution in [1.29, 1.82) is 0 Å². The highest BCUT2D eigenvalue weighted by Gasteiger charge is 2.18. The molecule has 4 aromatic carbocycles. The third-order valence-corrected chi connectivity index (χ3v) is 6.59. The molecule has 0 saturated carbocycles. The number of phenols is 1. The number of benzene rings is 4. The topological polar surface area (TPSA) is 107 Å². The van der Waals surface area contributed by atoms with Crippen molar-refractivity contribution in [2.24, 2.45) is 10.2 Å². The lowest BCUT2D eigenvalue weighted by Crippen LogP contribution is -1.95. The number of rotatable bonds is 6. The summed E-state index contributed by atoms with van der Waals surface area (Å²) in [6.45, 7) is 0. The number of phenolic OH excluding ortho intramolecular Hbond substituents is 1. The normalized spacial score (nSPS) is 11.4. The van der Waals surface area contributed by atoms with Gasteiger partial charge in [-0.25, -0.2) is 4.79 Å². The van der Waals surface area contributed by atoms with Gasteiger partial charge in [-0.3, -0.25) is 4.57 Å². The van der Waals surface area contributed by atoms with E-state index in [4.69, 9.17) is 0 Å². The van der Waals surface area contributed by atoms with Gasteiger partial charge in [-0.2, -0.15) is 0 Å². The summed E-state index contributed by atoms with van der Waals surface area (Å²) in [5.41, 5.74) is 3.09. The lowest BCUT2D eigenvalue weighted by atomic mass is 10.0. The summed E-state index contributed by atoms with van der Waals surface area (Å²) in [7, 11) is 0. The maximum Gasteiger partial charge on any atom is 0.335 e. The summed E-state index contributed by atoms with van der Waals surface area (Å²) in [6.07, 6.45) is 2.00. The van der Waals surface area contributed by atoms with Crippen LogP contribution < -0.4 is 0 Å². The maximum atomic E-state index is 11.3. The number of fused-ring (bicyclic) bond motifs is 1. The summed E-state index contributed by atoms with van der Waals surface area (Å²) >= 11 is 1.64. The first-order valence-electron chi connectivity index (χ1n) is 11.0. The Balaban J connectivity index is 1.58. The average molecular weight is 496 g/mol. The fraction of sp³-hybridized carbons (Fsp3) is 0.0357. The highest BCUT2D eigenvalue weighted by Crippen LogP contribution is 2.43. The number of aromatic carboxylic acids is 1. The molecule has 0 bridgehead atoms. The number of nitrogens with zero attached hydrogens (tertiary/aromatic N) is 3. The Bertz CT molecular complexity index is 1620. The maximum absolute atomic E-state index is 11.3. The van der Waals surface area contributed by atoms with Crippen LogP contribution >= 0.6 is 11.8 Å². The molecule has 0 radical (unpaired) electrons. The zero-order chi connectivity index (χ0) is 25.2. The van der Waals surface area contributed by atoms with Crippen LogP contribution in [-0.4, -0.2) is 32.1 Å². The van der Waals surface area contributed by atoms with Crippen LogP contribution in [-0.2, 0) is 0 Å². The number of azo groups is 1. The quantitative estimate of drug-likeness (QED) is 0.167. The van der Waals surface area contributed by atoms with Gasteiger partial charge in [0.05, 0.1) is 11.1 Å². The van der Waals surface area contributed by atoms with Gasteiger partial charge in [0.15, 0.2) is 11.4 Å². The largest absolute Gasteiger partial charge is 0.505 e. The summed E-state index contributed by atoms with van der Waals surface area (Å²) in [5.74, 6) is -1.26. The van der Waals surface area contributed by atoms with E-state index in [1.807, 2.05) is 54.8 Å². The standard InChI is InChI=1S/C28H21N3O4S/c1-36-20-14-12-19(13-15-20)31-24-11-3-2-8-22(24)25(27(31)33)30-29-23-10-5-9-21(26(23)32)17-6-4-7-18(16-17)28(34)35/h2-16,32-33H,1H3,(H,34,35). The van der Waals surface area contributed by atoms with E-state index in [0.29, 0.717) is 16.5 Å². The van der Waals surface area contributed by atoms with E-state index in [0.717, 1.165) is 16.1 Å². The van der Waals surface area contributed by atoms with Crippen molar-refractivity contribution in [2.45, 2.75) is 4.90 Å². The van der Waals surface area contributed by atoms with Crippen molar-refractivity contribution in [3.8, 4) is 28.4 Å². The van der Waals surface area contributed by atoms with Gasteiger partial charge in [0.2, 0.25) is 5.88 Å². The minimum atomic E-state index is -1.05. The van der Waals surface area contributed by atoms with Crippen LogP contribution in [0, 0.1) is 0 Å². The molecule has 1 aromatic heterocycles. The second-order valence-corrected chi connectivity index (χ2v) is 8.86. The molecule has 0 aliphatic carbocycles. The highest BCUT2D eigenvalue weighted by molar-refractivity contribution is 7.98. The first-order valence-corrected chi connectivity index (χ1v) is 12.2. The Morgan fingerprint density at radius 3 is 2.36 bits per heavy atom. The molecule has 5 rings (SSSR count). The zero-order valence-electron chi connectivity index (χ0n) is 19.2. The van der Waals surface area contributed by atoms with E-state index in [1.165, 1.54) is 12.1 Å². The SMILES string of the molecule is CSc1ccc(-n2c(O)c(N=Nc3cccc(-c4cccc(C(=O)O)c4)c3O)c3ccccc32)cc1. The molecular weight excluding hydrogens is 474 g/mol. The van der Waals surface area contributed by atoms with E-state index in [-0.39, 0.29) is 28.6 Å². The van der Waals surface area contributed by atoms with Gasteiger partial charge in [-0.05, 0) is 60.4 Å². The van der Waals surface area contributed by atoms with E-state index >= 15 is 0 Å². The van der Waals surface area contributed by atoms with Gasteiger partial charge >= 0.3 is 5.97 Å². The molecule has 178 valence electrons. The van der Waals surface area contributed by atoms with Crippen LogP contribution in [0.25, 0.3) is 27.7 Å². The predicted octanol–water partition coefficient (Wildman–Crippen LogP) is 7.54. The first kappa shape index (κ1) is 23.2. The Labute approximate surface area is 211 Å². The van der Waals surface area contributed by atoms with Crippen molar-refractivity contribution < 1.29 is 20.1 Å². The Kier molecular flexibility index (Phi) is 6.18. The first-order chi connectivity index (χ1) is 17.5. The highest BCUT2D eigenvalue weighted by atomic mass is 32.2. The van der Waals surface area contributed by atoms with Gasteiger partial charge in [0.1, 0.15) is 5.69 Å². The van der Waals surface area contributed by atoms with Crippen LogP contribution in [0.4, 0.5) is 11.4 Å². The van der Waals surface area contributed by atoms with Crippen LogP contribution in [0.2, 0.25) is 0 Å². The van der Waals surface area contributed by atoms with Crippen molar-refractivity contribution in [1.82, 2.24) is 4.57 Å². The molecule has 0 aliphatic heterocycles. The number of aromatic hydroxyl groups is 2. The molecule has 0 amide bonds. The van der Waals surface area contributed by atoms with Gasteiger partial charge in [-0.15, -0.1) is 22.0 Å². The van der Waals surface area contributed by atoms with Crippen molar-refractivity contribution in [3.63, 3.8) is 0 Å². The average Bonchev–Trinajstić information content (AvgIpc) is 3.19. The summed E-state index contributed by atoms with van der Waals surface area (Å²) in [5, 5.41) is 40.6. The van der Waals surface area contributed by atoms with Crippen LogP contribution in [0.5, 0.6) is 11.6 Å². The smallest absolute Gasteiger partial charge is 0.335 e. The second kappa shape index (κ2) is 9.59. The number of aromatic nitrogens is 1. The number of carbonyl (C=O) groups is 1. The van der Waals surface area contributed by atoms with E-state index in [2.05, 4.69) is 10.2 Å². The Morgan fingerprint density at radius 2 is 1.61 bits per heavy atom. The van der Waals surface area contributed by atoms with E-state index in [9.17, 15) is 20.1 Å². The third kappa shape index (κ3) is 4.18. The number of hydrogen-bond acceptors (Lipinski definition) is 6. The van der Waals surface area contributed by atoms with E-state index in [1.54, 1.807) is 46.7 Å². The molecule has 5 aromatic rings. The van der Waals surface area contributed by atoms with Crippen LogP contribution in [0.1, 0.15) is 10.4 Å². The second-order valence-electron chi connectivity index (χ2n) is 7.98. The molecule has 1 heterocycles. The lowest BCUT2D eigenvalue weighted by Gasteiger charge is -2.08. The number of carboxylic acid groups (broad SMARTS) is 1. The minimum Gasteiger partial charge on any atom is -0.505 e. The van der Waals surface area contributed by atoms with Crippen molar-refractivity contribution in [2.75, 3.05) is 6.26 Å². The van der Waals surface area contributed by atoms with Gasteiger partial charge in [0, 0.05) is 21.5 Å². The molecule has 0 aliphatic rings. The van der Waals surface area contributed by atoms with E-state index < -0.39 is 5.97 Å². The Hall–Kier alpha value is -4.56. The molecule has 3 N–H and O–H groups in total. The number of thioether (sulfide) groups is 1. The zero-order valence-corrected chi connectivity index (χ0v) is 20.0. The van der Waals surface area contributed by atoms with Crippen molar-refractivity contribution in [3.05, 3.63) is 96.6 Å². The fourth-order valence-electron chi connectivity index (χ4n) is 4.07. The predicted molar refractivity (Wildman–Crippen MR) is 141 cm³/mol. The molecule has 0 spiro atoms. The summed E-state index contributed by atoms with van der Waals surface area (Å²) in [4.78, 5) is 12.5.